The summed E-state index contributed by atoms with van der Waals surface area (Å²) in [5.41, 5.74) is 0.181. The minimum atomic E-state index is 0.134. The van der Waals surface area contributed by atoms with E-state index in [1.54, 1.807) is 0 Å². The van der Waals surface area contributed by atoms with Crippen molar-refractivity contribution in [3.05, 3.63) is 10.8 Å². The van der Waals surface area contributed by atoms with E-state index in [9.17, 15) is 0 Å². The van der Waals surface area contributed by atoms with Crippen molar-refractivity contribution in [3.63, 3.8) is 0 Å². The molecule has 0 aliphatic carbocycles. The number of nitrogens with zero attached hydrogens (tertiary/aromatic N) is 4. The van der Waals surface area contributed by atoms with Crippen LogP contribution in [0.15, 0.2) is 0 Å². The van der Waals surface area contributed by atoms with Crippen LogP contribution in [0.3, 0.4) is 0 Å². The predicted octanol–water partition coefficient (Wildman–Crippen LogP) is 1.38. The highest BCUT2D eigenvalue weighted by atomic mass is 35.5. The number of hydrogen-bond donors (Lipinski definition) is 0. The van der Waals surface area contributed by atoms with Crippen molar-refractivity contribution in [2.75, 3.05) is 0 Å². The van der Waals surface area contributed by atoms with Crippen LogP contribution < -0.4 is 0 Å². The average Bonchev–Trinajstić information content (AvgIpc) is 2.31. The second-order valence-electron chi connectivity index (χ2n) is 2.37. The zero-order valence-electron chi connectivity index (χ0n) is 6.24. The van der Waals surface area contributed by atoms with Gasteiger partial charge < -0.3 is 0 Å². The summed E-state index contributed by atoms with van der Waals surface area (Å²) in [5, 5.41) is 16.3. The Hall–Kier alpha value is -1.08. The molecule has 0 amide bonds. The summed E-state index contributed by atoms with van der Waals surface area (Å²) in [5.74, 6) is 0. The minimum absolute atomic E-state index is 0.134. The van der Waals surface area contributed by atoms with Gasteiger partial charge in [0.1, 0.15) is 6.07 Å². The van der Waals surface area contributed by atoms with E-state index in [0.717, 1.165) is 0 Å². The number of hydrogen-bond acceptors (Lipinski definition) is 3. The monoisotopic (exact) mass is 170 g/mol. The van der Waals surface area contributed by atoms with Gasteiger partial charge in [-0.25, -0.2) is 0 Å². The molecule has 0 bridgehead atoms. The fraction of sp³-hybridized carbons (Fsp3) is 0.500. The fourth-order valence-corrected chi connectivity index (χ4v) is 0.760. The van der Waals surface area contributed by atoms with Crippen LogP contribution in [-0.4, -0.2) is 15.0 Å². The molecule has 0 N–H and O–H groups in total. The molecule has 1 heterocycles. The fourth-order valence-electron chi connectivity index (χ4n) is 0.603. The second-order valence-corrected chi connectivity index (χ2v) is 2.72. The van der Waals surface area contributed by atoms with Crippen molar-refractivity contribution < 1.29 is 0 Å². The molecule has 0 aliphatic rings. The van der Waals surface area contributed by atoms with Crippen LogP contribution >= 0.6 is 11.6 Å². The molecular weight excluding hydrogens is 164 g/mol. The molecule has 11 heavy (non-hydrogen) atoms. The molecule has 0 saturated heterocycles. The third-order valence-corrected chi connectivity index (χ3v) is 1.41. The first-order chi connectivity index (χ1) is 5.15. The highest BCUT2D eigenvalue weighted by Gasteiger charge is 2.08. The summed E-state index contributed by atoms with van der Waals surface area (Å²) in [7, 11) is 0. The lowest BCUT2D eigenvalue weighted by Gasteiger charge is -1.99. The van der Waals surface area contributed by atoms with Gasteiger partial charge in [-0.3, -0.25) is 0 Å². The second kappa shape index (κ2) is 2.89. The molecule has 0 atom stereocenters. The molecule has 0 unspecified atom stereocenters. The number of nitriles is 1. The van der Waals surface area contributed by atoms with Crippen LogP contribution in [0.5, 0.6) is 0 Å². The Kier molecular flexibility index (Phi) is 2.11. The summed E-state index contributed by atoms with van der Waals surface area (Å²) >= 11 is 5.57. The summed E-state index contributed by atoms with van der Waals surface area (Å²) in [6, 6.07) is 1.98. The van der Waals surface area contributed by atoms with Gasteiger partial charge in [-0.2, -0.15) is 10.1 Å². The quantitative estimate of drug-likeness (QED) is 0.640. The highest BCUT2D eigenvalue weighted by Crippen LogP contribution is 2.10. The summed E-state index contributed by atoms with van der Waals surface area (Å²) in [6.45, 7) is 3.83. The van der Waals surface area contributed by atoms with Gasteiger partial charge in [0, 0.05) is 0 Å². The van der Waals surface area contributed by atoms with Crippen LogP contribution in [-0.2, 0) is 0 Å². The van der Waals surface area contributed by atoms with Gasteiger partial charge in [0.25, 0.3) is 0 Å². The largest absolute Gasteiger partial charge is 0.201 e. The van der Waals surface area contributed by atoms with E-state index in [1.807, 2.05) is 19.9 Å². The molecule has 4 nitrogen and oxygen atoms in total. The molecular formula is C6H7ClN4. The van der Waals surface area contributed by atoms with Crippen molar-refractivity contribution in [2.24, 2.45) is 0 Å². The van der Waals surface area contributed by atoms with Crippen LogP contribution in [0.2, 0.25) is 5.15 Å². The highest BCUT2D eigenvalue weighted by molar-refractivity contribution is 6.30. The van der Waals surface area contributed by atoms with Crippen LogP contribution in [0, 0.1) is 11.3 Å². The molecule has 0 spiro atoms. The van der Waals surface area contributed by atoms with Gasteiger partial charge >= 0.3 is 0 Å². The Morgan fingerprint density at radius 2 is 2.18 bits per heavy atom. The van der Waals surface area contributed by atoms with Crippen molar-refractivity contribution in [3.8, 4) is 6.07 Å². The lowest BCUT2D eigenvalue weighted by atomic mass is 10.4. The third-order valence-electron chi connectivity index (χ3n) is 1.16. The molecule has 0 radical (unpaired) electrons. The van der Waals surface area contributed by atoms with Crippen LogP contribution in [0.4, 0.5) is 0 Å². The number of rotatable bonds is 1. The zero-order chi connectivity index (χ0) is 8.43. The SMILES string of the molecule is CC(C)n1nc(Cl)c(C#N)n1. The van der Waals surface area contributed by atoms with Crippen molar-refractivity contribution in [1.29, 1.82) is 5.26 Å². The number of halogens is 1. The van der Waals surface area contributed by atoms with E-state index in [0.29, 0.717) is 0 Å². The Bertz CT molecular complexity index is 296. The molecule has 1 rings (SSSR count). The summed E-state index contributed by atoms with van der Waals surface area (Å²) in [6.07, 6.45) is 0. The van der Waals surface area contributed by atoms with E-state index in [2.05, 4.69) is 10.2 Å². The summed E-state index contributed by atoms with van der Waals surface area (Å²) in [4.78, 5) is 1.42. The van der Waals surface area contributed by atoms with Gasteiger partial charge in [-0.1, -0.05) is 11.6 Å². The molecule has 0 aromatic carbocycles. The van der Waals surface area contributed by atoms with Crippen LogP contribution in [0.25, 0.3) is 0 Å². The van der Waals surface area contributed by atoms with Crippen LogP contribution in [0.1, 0.15) is 25.6 Å². The topological polar surface area (TPSA) is 54.5 Å². The van der Waals surface area contributed by atoms with Gasteiger partial charge in [0.05, 0.1) is 6.04 Å². The maximum Gasteiger partial charge on any atom is 0.201 e. The molecule has 0 fully saturated rings. The molecule has 0 aliphatic heterocycles. The first-order valence-electron chi connectivity index (χ1n) is 3.17. The standard InChI is InChI=1S/C6H7ClN4/c1-4(2)11-9-5(3-8)6(7)10-11/h4H,1-2H3. The van der Waals surface area contributed by atoms with Crippen molar-refractivity contribution in [1.82, 2.24) is 15.0 Å². The first kappa shape index (κ1) is 8.02. The van der Waals surface area contributed by atoms with E-state index < -0.39 is 0 Å². The predicted molar refractivity (Wildman–Crippen MR) is 40.1 cm³/mol. The first-order valence-corrected chi connectivity index (χ1v) is 3.55. The van der Waals surface area contributed by atoms with Gasteiger partial charge in [-0.05, 0) is 13.8 Å². The molecule has 1 aromatic heterocycles. The normalized spacial score (nSPS) is 10.1. The van der Waals surface area contributed by atoms with Gasteiger partial charge in [0.15, 0.2) is 5.15 Å². The minimum Gasteiger partial charge on any atom is -0.191 e. The Morgan fingerprint density at radius 1 is 1.55 bits per heavy atom. The lowest BCUT2D eigenvalue weighted by molar-refractivity contribution is 0.465. The lowest BCUT2D eigenvalue weighted by Crippen LogP contribution is -2.04. The molecule has 5 heteroatoms. The Morgan fingerprint density at radius 3 is 2.45 bits per heavy atom. The maximum atomic E-state index is 8.46. The molecule has 58 valence electrons. The smallest absolute Gasteiger partial charge is 0.191 e. The van der Waals surface area contributed by atoms with Crippen molar-refractivity contribution in [2.45, 2.75) is 19.9 Å². The van der Waals surface area contributed by atoms with Crippen molar-refractivity contribution >= 4 is 11.6 Å². The molecule has 0 saturated carbocycles. The summed E-state index contributed by atoms with van der Waals surface area (Å²) < 4.78 is 0. The van der Waals surface area contributed by atoms with E-state index in [4.69, 9.17) is 16.9 Å². The number of aromatic nitrogens is 3. The Balaban J connectivity index is 3.07. The zero-order valence-corrected chi connectivity index (χ0v) is 7.00. The van der Waals surface area contributed by atoms with Gasteiger partial charge in [-0.15, -0.1) is 10.2 Å². The van der Waals surface area contributed by atoms with E-state index >= 15 is 0 Å². The van der Waals surface area contributed by atoms with E-state index in [1.165, 1.54) is 4.80 Å². The molecule has 1 aromatic rings. The Labute approximate surface area is 69.4 Å². The maximum absolute atomic E-state index is 8.46. The van der Waals surface area contributed by atoms with Gasteiger partial charge in [0.2, 0.25) is 5.69 Å². The average molecular weight is 171 g/mol. The van der Waals surface area contributed by atoms with E-state index in [-0.39, 0.29) is 16.9 Å². The third kappa shape index (κ3) is 1.49.